The molecule has 0 aliphatic heterocycles. The van der Waals surface area contributed by atoms with Crippen LogP contribution < -0.4 is 30.4 Å². The minimum atomic E-state index is -1.43. The molecule has 0 spiro atoms. The lowest BCUT2D eigenvalue weighted by Gasteiger charge is -2.17. The van der Waals surface area contributed by atoms with Crippen molar-refractivity contribution in [1.29, 1.82) is 0 Å². The van der Waals surface area contributed by atoms with Gasteiger partial charge in [0.15, 0.2) is 34.2 Å². The highest BCUT2D eigenvalue weighted by Gasteiger charge is 2.19. The summed E-state index contributed by atoms with van der Waals surface area (Å²) in [6.07, 6.45) is 2.95. The van der Waals surface area contributed by atoms with Gasteiger partial charge in [-0.3, -0.25) is 0 Å². The summed E-state index contributed by atoms with van der Waals surface area (Å²) in [6.45, 7) is -0.260. The zero-order chi connectivity index (χ0) is 30.3. The van der Waals surface area contributed by atoms with Crippen LogP contribution in [0.1, 0.15) is 26.3 Å². The Labute approximate surface area is 230 Å². The highest BCUT2D eigenvalue weighted by Crippen LogP contribution is 2.30. The van der Waals surface area contributed by atoms with Crippen LogP contribution in [0.3, 0.4) is 0 Å². The number of carbonyl (C=O) groups excluding carboxylic acids is 2. The highest BCUT2D eigenvalue weighted by atomic mass is 16.8. The fraction of sp³-hybridized carbons (Fsp3) is 0.0833. The molecule has 0 heterocycles. The summed E-state index contributed by atoms with van der Waals surface area (Å²) in [7, 11) is 1.30. The van der Waals surface area contributed by atoms with Crippen LogP contribution in [-0.2, 0) is 4.74 Å². The van der Waals surface area contributed by atoms with Gasteiger partial charge in [0.1, 0.15) is 6.61 Å². The van der Waals surface area contributed by atoms with E-state index >= 15 is 0 Å². The first-order valence-corrected chi connectivity index (χ1v) is 11.4. The number of hydrogen-bond acceptors (Lipinski definition) is 13. The van der Waals surface area contributed by atoms with Gasteiger partial charge < -0.3 is 35.0 Å². The molecule has 8 N–H and O–H groups in total. The average Bonchev–Trinajstić information content (AvgIpc) is 2.94. The lowest BCUT2D eigenvalue weighted by Crippen LogP contribution is -3.00. The topological polar surface area (TPSA) is 253 Å². The second-order valence-corrected chi connectivity index (χ2v) is 8.12. The maximum absolute atomic E-state index is 12.6. The third kappa shape index (κ3) is 8.33. The molecule has 0 saturated heterocycles. The minimum absolute atomic E-state index is 0.0498. The molecule has 0 aliphatic carbocycles. The number of rotatable bonds is 11. The van der Waals surface area contributed by atoms with Gasteiger partial charge in [-0.2, -0.15) is 20.9 Å². The SMILES string of the molecule is COc1cc(C=CCOC(=O)c2cc([NH+]([O-])O)cc([NH+]([O-])O)c2)ccc1OC(=O)c1cc([NH+]([O-])O)cc([NH+]([O-])O)c1. The molecular weight excluding hydrogens is 552 g/mol. The summed E-state index contributed by atoms with van der Waals surface area (Å²) in [5, 5.41) is 76.0. The molecule has 0 radical (unpaired) electrons. The van der Waals surface area contributed by atoms with Crippen LogP contribution in [0.15, 0.2) is 60.7 Å². The summed E-state index contributed by atoms with van der Waals surface area (Å²) < 4.78 is 15.6. The summed E-state index contributed by atoms with van der Waals surface area (Å²) in [5.41, 5.74) is -1.66. The van der Waals surface area contributed by atoms with E-state index in [4.69, 9.17) is 24.6 Å². The largest absolute Gasteiger partial charge is 0.595 e. The molecule has 17 heteroatoms. The molecule has 3 rings (SSSR count). The third-order valence-electron chi connectivity index (χ3n) is 5.34. The van der Waals surface area contributed by atoms with Crippen molar-refractivity contribution in [3.05, 3.63) is 98.2 Å². The van der Waals surface area contributed by atoms with E-state index in [1.165, 1.54) is 37.5 Å². The molecule has 0 aromatic heterocycles. The zero-order valence-corrected chi connectivity index (χ0v) is 21.0. The van der Waals surface area contributed by atoms with Crippen molar-refractivity contribution in [3.63, 3.8) is 0 Å². The minimum Gasteiger partial charge on any atom is -0.595 e. The molecule has 0 amide bonds. The van der Waals surface area contributed by atoms with E-state index in [1.54, 1.807) is 0 Å². The van der Waals surface area contributed by atoms with E-state index in [0.29, 0.717) is 5.56 Å². The van der Waals surface area contributed by atoms with E-state index in [-0.39, 0.29) is 29.2 Å². The van der Waals surface area contributed by atoms with E-state index in [1.807, 2.05) is 0 Å². The van der Waals surface area contributed by atoms with Crippen molar-refractivity contribution in [3.8, 4) is 11.5 Å². The van der Waals surface area contributed by atoms with Crippen molar-refractivity contribution in [2.75, 3.05) is 13.7 Å². The zero-order valence-electron chi connectivity index (χ0n) is 21.0. The Balaban J connectivity index is 1.69. The van der Waals surface area contributed by atoms with Crippen LogP contribution in [-0.4, -0.2) is 46.5 Å². The van der Waals surface area contributed by atoms with Crippen molar-refractivity contribution in [2.24, 2.45) is 0 Å². The van der Waals surface area contributed by atoms with Crippen molar-refractivity contribution < 1.29 is 65.5 Å². The van der Waals surface area contributed by atoms with E-state index < -0.39 is 55.6 Å². The van der Waals surface area contributed by atoms with Gasteiger partial charge in [-0.1, -0.05) is 12.1 Å². The smallest absolute Gasteiger partial charge is 0.344 e. The Hall–Kier alpha value is -4.34. The third-order valence-corrected chi connectivity index (χ3v) is 5.34. The summed E-state index contributed by atoms with van der Waals surface area (Å²) in [5.74, 6) is -1.93. The summed E-state index contributed by atoms with van der Waals surface area (Å²) in [6, 6.07) is 10.1. The maximum Gasteiger partial charge on any atom is 0.344 e. The second-order valence-electron chi connectivity index (χ2n) is 8.12. The first-order chi connectivity index (χ1) is 19.4. The molecule has 17 nitrogen and oxygen atoms in total. The van der Waals surface area contributed by atoms with Crippen LogP contribution in [0, 0.1) is 20.8 Å². The maximum atomic E-state index is 12.6. The summed E-state index contributed by atoms with van der Waals surface area (Å²) >= 11 is 0. The molecule has 0 bridgehead atoms. The number of nitrogens with one attached hydrogen (secondary N) is 4. The molecule has 3 aromatic carbocycles. The lowest BCUT2D eigenvalue weighted by atomic mass is 10.1. The molecule has 218 valence electrons. The van der Waals surface area contributed by atoms with Gasteiger partial charge in [-0.15, -0.1) is 0 Å². The van der Waals surface area contributed by atoms with Gasteiger partial charge in [0.25, 0.3) is 0 Å². The van der Waals surface area contributed by atoms with Gasteiger partial charge in [0.2, 0.25) is 0 Å². The van der Waals surface area contributed by atoms with Crippen LogP contribution >= 0.6 is 0 Å². The fourth-order valence-electron chi connectivity index (χ4n) is 3.41. The number of ether oxygens (including phenoxy) is 3. The van der Waals surface area contributed by atoms with Gasteiger partial charge in [0, 0.05) is 24.3 Å². The fourth-order valence-corrected chi connectivity index (χ4v) is 3.41. The van der Waals surface area contributed by atoms with Crippen LogP contribution in [0.4, 0.5) is 22.7 Å². The number of hydrogen-bond donors (Lipinski definition) is 8. The van der Waals surface area contributed by atoms with Crippen LogP contribution in [0.25, 0.3) is 6.08 Å². The van der Waals surface area contributed by atoms with Gasteiger partial charge in [0.05, 0.1) is 30.4 Å². The standard InChI is InChI=1S/C24H24N4O13/c1-39-22-7-14(3-2-6-40-23(29)15-8-17(25(31)32)12-18(9-15)26(33)34)4-5-21(22)41-24(30)16-10-19(27(35)36)13-20(11-16)28(37)38/h2-5,7-13,25-28,31,33,35,37H,6H2,1H3. The van der Waals surface area contributed by atoms with Crippen LogP contribution in [0.5, 0.6) is 11.5 Å². The number of carbonyl (C=O) groups is 2. The number of benzene rings is 3. The van der Waals surface area contributed by atoms with Gasteiger partial charge in [-0.25, -0.2) is 30.4 Å². The quantitative estimate of drug-likeness (QED) is 0.0728. The average molecular weight is 576 g/mol. The molecule has 0 saturated carbocycles. The molecule has 41 heavy (non-hydrogen) atoms. The van der Waals surface area contributed by atoms with Crippen molar-refractivity contribution in [2.45, 2.75) is 0 Å². The normalized spacial score (nSPS) is 14.3. The summed E-state index contributed by atoms with van der Waals surface area (Å²) in [4.78, 5) is 24.9. The Bertz CT molecular complexity index is 1370. The number of methoxy groups -OCH3 is 1. The Morgan fingerprint density at radius 2 is 1.17 bits per heavy atom. The van der Waals surface area contributed by atoms with Gasteiger partial charge >= 0.3 is 11.9 Å². The van der Waals surface area contributed by atoms with Crippen molar-refractivity contribution >= 4 is 40.8 Å². The van der Waals surface area contributed by atoms with Crippen LogP contribution in [0.2, 0.25) is 0 Å². The predicted molar refractivity (Wildman–Crippen MR) is 133 cm³/mol. The molecule has 0 aliphatic rings. The molecule has 4 unspecified atom stereocenters. The monoisotopic (exact) mass is 576 g/mol. The number of esters is 2. The Kier molecular flexibility index (Phi) is 10.5. The van der Waals surface area contributed by atoms with Gasteiger partial charge in [-0.05, 0) is 23.8 Å². The van der Waals surface area contributed by atoms with E-state index in [9.17, 15) is 40.8 Å². The number of quaternary nitrogens is 4. The predicted octanol–water partition coefficient (Wildman–Crippen LogP) is -1.60. The molecular formula is C24H24N4O13. The van der Waals surface area contributed by atoms with E-state index in [2.05, 4.69) is 0 Å². The highest BCUT2D eigenvalue weighted by molar-refractivity contribution is 5.93. The first-order valence-electron chi connectivity index (χ1n) is 11.4. The molecule has 3 aromatic rings. The van der Waals surface area contributed by atoms with E-state index in [0.717, 1.165) is 36.4 Å². The Morgan fingerprint density at radius 3 is 1.61 bits per heavy atom. The molecule has 0 fully saturated rings. The lowest BCUT2D eigenvalue weighted by molar-refractivity contribution is -0.996. The Morgan fingerprint density at radius 1 is 0.707 bits per heavy atom. The van der Waals surface area contributed by atoms with Crippen molar-refractivity contribution in [1.82, 2.24) is 0 Å². The first kappa shape index (κ1) is 31.2. The molecule has 4 atom stereocenters. The second kappa shape index (κ2) is 13.8.